The molecule has 2 aromatic carbocycles. The number of carbonyl (C=O) groups is 1. The normalized spacial score (nSPS) is 14.8. The third kappa shape index (κ3) is 3.60. The molecule has 0 aliphatic carbocycles. The van der Waals surface area contributed by atoms with E-state index >= 15 is 0 Å². The second-order valence-electron chi connectivity index (χ2n) is 5.96. The largest absolute Gasteiger partial charge is 0.437 e. The molecule has 1 aromatic heterocycles. The predicted octanol–water partition coefficient (Wildman–Crippen LogP) is 3.32. The molecule has 1 saturated heterocycles. The summed E-state index contributed by atoms with van der Waals surface area (Å²) in [7, 11) is 0. The zero-order valence-corrected chi connectivity index (χ0v) is 14.2. The fourth-order valence-electron chi connectivity index (χ4n) is 2.94. The van der Waals surface area contributed by atoms with Crippen molar-refractivity contribution >= 4 is 34.5 Å². The smallest absolute Gasteiger partial charge is 0.248 e. The van der Waals surface area contributed by atoms with Crippen molar-refractivity contribution in [1.82, 2.24) is 4.98 Å². The van der Waals surface area contributed by atoms with E-state index in [-0.39, 0.29) is 5.91 Å². The number of oxazole rings is 1. The van der Waals surface area contributed by atoms with Gasteiger partial charge >= 0.3 is 0 Å². The minimum Gasteiger partial charge on any atom is -0.437 e. The number of nitrogens with one attached hydrogen (secondary N) is 1. The van der Waals surface area contributed by atoms with Gasteiger partial charge in [-0.05, 0) is 24.3 Å². The van der Waals surface area contributed by atoms with Gasteiger partial charge in [0, 0.05) is 25.2 Å². The summed E-state index contributed by atoms with van der Waals surface area (Å²) in [5.41, 5.74) is 3.25. The Balaban J connectivity index is 1.47. The van der Waals surface area contributed by atoms with Gasteiger partial charge in [-0.25, -0.2) is 4.98 Å². The maximum Gasteiger partial charge on any atom is 0.248 e. The van der Waals surface area contributed by atoms with Crippen LogP contribution in [0.2, 0.25) is 0 Å². The number of rotatable bonds is 4. The third-order valence-electron chi connectivity index (χ3n) is 4.20. The van der Waals surface area contributed by atoms with Crippen LogP contribution in [-0.4, -0.2) is 37.2 Å². The number of anilines is 2. The summed E-state index contributed by atoms with van der Waals surface area (Å²) in [5.74, 6) is 0.177. The van der Waals surface area contributed by atoms with E-state index in [0.29, 0.717) is 24.7 Å². The minimum absolute atomic E-state index is 0.229. The highest BCUT2D eigenvalue weighted by Gasteiger charge is 2.15. The topological polar surface area (TPSA) is 67.6 Å². The Morgan fingerprint density at radius 1 is 1.08 bits per heavy atom. The van der Waals surface area contributed by atoms with E-state index < -0.39 is 0 Å². The maximum absolute atomic E-state index is 12.3. The van der Waals surface area contributed by atoms with Gasteiger partial charge in [0.05, 0.1) is 24.6 Å². The molecule has 3 aromatic rings. The number of aromatic nitrogens is 1. The van der Waals surface area contributed by atoms with Gasteiger partial charge in [-0.1, -0.05) is 24.3 Å². The zero-order chi connectivity index (χ0) is 17.8. The van der Waals surface area contributed by atoms with Crippen LogP contribution in [0.5, 0.6) is 0 Å². The number of para-hydroxylation sites is 4. The molecule has 1 N–H and O–H groups in total. The molecule has 0 spiro atoms. The first-order chi connectivity index (χ1) is 12.8. The monoisotopic (exact) mass is 349 g/mol. The highest BCUT2D eigenvalue weighted by atomic mass is 16.5. The quantitative estimate of drug-likeness (QED) is 0.732. The number of nitrogens with zero attached hydrogens (tertiary/aromatic N) is 2. The Morgan fingerprint density at radius 3 is 2.69 bits per heavy atom. The van der Waals surface area contributed by atoms with Crippen molar-refractivity contribution in [1.29, 1.82) is 0 Å². The lowest BCUT2D eigenvalue weighted by atomic mass is 10.2. The molecule has 1 aliphatic rings. The van der Waals surface area contributed by atoms with Crippen molar-refractivity contribution < 1.29 is 13.9 Å². The van der Waals surface area contributed by atoms with Gasteiger partial charge in [0.2, 0.25) is 11.8 Å². The Hall–Kier alpha value is -3.12. The number of fused-ring (bicyclic) bond motifs is 1. The molecule has 0 saturated carbocycles. The summed E-state index contributed by atoms with van der Waals surface area (Å²) in [6, 6.07) is 15.3. The molecule has 1 aliphatic heterocycles. The van der Waals surface area contributed by atoms with Crippen molar-refractivity contribution in [2.75, 3.05) is 36.5 Å². The first-order valence-electron chi connectivity index (χ1n) is 8.56. The number of morpholine rings is 1. The highest BCUT2D eigenvalue weighted by molar-refractivity contribution is 6.03. The van der Waals surface area contributed by atoms with Crippen LogP contribution in [0, 0.1) is 0 Å². The van der Waals surface area contributed by atoms with Gasteiger partial charge in [0.1, 0.15) is 5.52 Å². The van der Waals surface area contributed by atoms with Gasteiger partial charge in [-0.3, -0.25) is 4.79 Å². The first-order valence-corrected chi connectivity index (χ1v) is 8.56. The fraction of sp³-hybridized carbons (Fsp3) is 0.200. The molecular weight excluding hydrogens is 330 g/mol. The highest BCUT2D eigenvalue weighted by Crippen LogP contribution is 2.26. The van der Waals surface area contributed by atoms with Crippen molar-refractivity contribution in [3.05, 3.63) is 60.5 Å². The number of amides is 1. The molecule has 0 radical (unpaired) electrons. The first kappa shape index (κ1) is 16.4. The van der Waals surface area contributed by atoms with Crippen LogP contribution >= 0.6 is 0 Å². The number of carbonyl (C=O) groups excluding carboxylic acids is 1. The lowest BCUT2D eigenvalue weighted by molar-refractivity contribution is -0.111. The summed E-state index contributed by atoms with van der Waals surface area (Å²) in [6.07, 6.45) is 3.01. The molecule has 2 heterocycles. The molecule has 132 valence electrons. The molecular formula is C20H19N3O3. The van der Waals surface area contributed by atoms with E-state index in [1.807, 2.05) is 48.5 Å². The molecule has 0 bridgehead atoms. The zero-order valence-electron chi connectivity index (χ0n) is 14.2. The second-order valence-corrected chi connectivity index (χ2v) is 5.96. The molecule has 26 heavy (non-hydrogen) atoms. The summed E-state index contributed by atoms with van der Waals surface area (Å²) < 4.78 is 11.0. The fourth-order valence-corrected chi connectivity index (χ4v) is 2.94. The molecule has 1 amide bonds. The maximum atomic E-state index is 12.3. The SMILES string of the molecule is O=C(/C=C/c1nc2ccccc2o1)Nc1ccccc1N1CCOCC1. The minimum atomic E-state index is -0.229. The van der Waals surface area contributed by atoms with Crippen LogP contribution in [0.1, 0.15) is 5.89 Å². The average Bonchev–Trinajstić information content (AvgIpc) is 3.11. The lowest BCUT2D eigenvalue weighted by Crippen LogP contribution is -2.36. The van der Waals surface area contributed by atoms with Gasteiger partial charge in [0.25, 0.3) is 0 Å². The Morgan fingerprint density at radius 2 is 1.85 bits per heavy atom. The number of ether oxygens (including phenoxy) is 1. The summed E-state index contributed by atoms with van der Waals surface area (Å²) in [4.78, 5) is 18.9. The number of hydrogen-bond acceptors (Lipinski definition) is 5. The lowest BCUT2D eigenvalue weighted by Gasteiger charge is -2.30. The van der Waals surface area contributed by atoms with Gasteiger partial charge in [-0.15, -0.1) is 0 Å². The van der Waals surface area contributed by atoms with Crippen molar-refractivity contribution in [3.63, 3.8) is 0 Å². The Bertz CT molecular complexity index is 909. The number of hydrogen-bond donors (Lipinski definition) is 1. The summed E-state index contributed by atoms with van der Waals surface area (Å²) in [6.45, 7) is 3.01. The van der Waals surface area contributed by atoms with Crippen LogP contribution in [0.3, 0.4) is 0 Å². The van der Waals surface area contributed by atoms with E-state index in [2.05, 4.69) is 15.2 Å². The number of benzene rings is 2. The second kappa shape index (κ2) is 7.41. The molecule has 6 heteroatoms. The average molecular weight is 349 g/mol. The summed E-state index contributed by atoms with van der Waals surface area (Å²) >= 11 is 0. The molecule has 4 rings (SSSR count). The van der Waals surface area contributed by atoms with Crippen molar-refractivity contribution in [3.8, 4) is 0 Å². The van der Waals surface area contributed by atoms with E-state index in [0.717, 1.165) is 30.0 Å². The van der Waals surface area contributed by atoms with Crippen LogP contribution in [-0.2, 0) is 9.53 Å². The van der Waals surface area contributed by atoms with Crippen LogP contribution in [0.25, 0.3) is 17.2 Å². The molecule has 0 unspecified atom stereocenters. The summed E-state index contributed by atoms with van der Waals surface area (Å²) in [5, 5.41) is 2.93. The van der Waals surface area contributed by atoms with Crippen molar-refractivity contribution in [2.24, 2.45) is 0 Å². The van der Waals surface area contributed by atoms with E-state index in [1.54, 1.807) is 6.08 Å². The molecule has 1 fully saturated rings. The van der Waals surface area contributed by atoms with Crippen molar-refractivity contribution in [2.45, 2.75) is 0 Å². The van der Waals surface area contributed by atoms with Gasteiger partial charge in [-0.2, -0.15) is 0 Å². The molecule has 6 nitrogen and oxygen atoms in total. The van der Waals surface area contributed by atoms with E-state index in [9.17, 15) is 4.79 Å². The van der Waals surface area contributed by atoms with Gasteiger partial charge < -0.3 is 19.4 Å². The van der Waals surface area contributed by atoms with Crippen LogP contribution < -0.4 is 10.2 Å². The van der Waals surface area contributed by atoms with E-state index in [1.165, 1.54) is 6.08 Å². The molecule has 0 atom stereocenters. The van der Waals surface area contributed by atoms with E-state index in [4.69, 9.17) is 9.15 Å². The van der Waals surface area contributed by atoms with Crippen LogP contribution in [0.4, 0.5) is 11.4 Å². The standard InChI is InChI=1S/C20H19N3O3/c24-19(9-10-20-22-16-6-2-4-8-18(16)26-20)21-15-5-1-3-7-17(15)23-11-13-25-14-12-23/h1-10H,11-14H2,(H,21,24)/b10-9+. The van der Waals surface area contributed by atoms with Crippen LogP contribution in [0.15, 0.2) is 59.0 Å². The Labute approximate surface area is 151 Å². The Kier molecular flexibility index (Phi) is 4.66. The predicted molar refractivity (Wildman–Crippen MR) is 101 cm³/mol. The third-order valence-corrected chi connectivity index (χ3v) is 4.20. The van der Waals surface area contributed by atoms with Gasteiger partial charge in [0.15, 0.2) is 5.58 Å².